The summed E-state index contributed by atoms with van der Waals surface area (Å²) in [6, 6.07) is 9.08. The molecule has 100 valence electrons. The van der Waals surface area contributed by atoms with Gasteiger partial charge in [0.25, 0.3) is 0 Å². The summed E-state index contributed by atoms with van der Waals surface area (Å²) in [4.78, 5) is 0. The third-order valence-corrected chi connectivity index (χ3v) is 4.07. The van der Waals surface area contributed by atoms with Crippen molar-refractivity contribution in [3.8, 4) is 0 Å². The molecular weight excluding hydrogens is 220 g/mol. The summed E-state index contributed by atoms with van der Waals surface area (Å²) in [6.07, 6.45) is 8.03. The van der Waals surface area contributed by atoms with Gasteiger partial charge in [-0.25, -0.2) is 0 Å². The molecule has 1 aromatic rings. The van der Waals surface area contributed by atoms with Crippen molar-refractivity contribution in [1.29, 1.82) is 0 Å². The monoisotopic (exact) mass is 246 g/mol. The van der Waals surface area contributed by atoms with Crippen molar-refractivity contribution in [2.45, 2.75) is 64.4 Å². The first-order valence-electron chi connectivity index (χ1n) is 7.47. The number of hydrogen-bond acceptors (Lipinski definition) is 1. The lowest BCUT2D eigenvalue weighted by Crippen LogP contribution is -2.21. The van der Waals surface area contributed by atoms with Gasteiger partial charge in [-0.1, -0.05) is 43.2 Å². The largest absolute Gasteiger partial charge is 0.378 e. The highest BCUT2D eigenvalue weighted by atomic mass is 16.5. The summed E-state index contributed by atoms with van der Waals surface area (Å²) in [5, 5.41) is 0. The summed E-state index contributed by atoms with van der Waals surface area (Å²) in [5.41, 5.74) is 2.88. The van der Waals surface area contributed by atoms with Crippen LogP contribution in [0.4, 0.5) is 0 Å². The van der Waals surface area contributed by atoms with Crippen LogP contribution in [0.25, 0.3) is 0 Å². The molecule has 0 heterocycles. The Balaban J connectivity index is 1.77. The van der Waals surface area contributed by atoms with Crippen molar-refractivity contribution >= 4 is 0 Å². The van der Waals surface area contributed by atoms with Crippen molar-refractivity contribution in [3.63, 3.8) is 0 Å². The molecule has 18 heavy (non-hydrogen) atoms. The van der Waals surface area contributed by atoms with E-state index < -0.39 is 0 Å². The zero-order chi connectivity index (χ0) is 12.8. The fourth-order valence-electron chi connectivity index (χ4n) is 2.80. The second-order valence-corrected chi connectivity index (χ2v) is 5.61. The summed E-state index contributed by atoms with van der Waals surface area (Å²) in [5.74, 6) is 0.761. The number of benzene rings is 1. The Kier molecular flexibility index (Phi) is 5.25. The standard InChI is InChI=1S/C17H26O/c1-3-4-13-18-17-11-9-16(10-12-17)15-7-5-14(2)6-8-15/h5-8,16-17H,3-4,9-13H2,1-2H3. The maximum Gasteiger partial charge on any atom is 0.0575 e. The minimum absolute atomic E-state index is 0.526. The Labute approximate surface area is 112 Å². The molecule has 0 aliphatic heterocycles. The summed E-state index contributed by atoms with van der Waals surface area (Å²) >= 11 is 0. The van der Waals surface area contributed by atoms with Crippen LogP contribution in [0.2, 0.25) is 0 Å². The fourth-order valence-corrected chi connectivity index (χ4v) is 2.80. The molecule has 0 unspecified atom stereocenters. The summed E-state index contributed by atoms with van der Waals surface area (Å²) in [6.45, 7) is 5.33. The number of aryl methyl sites for hydroxylation is 1. The van der Waals surface area contributed by atoms with E-state index in [1.165, 1.54) is 49.7 Å². The Morgan fingerprint density at radius 3 is 2.33 bits per heavy atom. The lowest BCUT2D eigenvalue weighted by atomic mass is 9.82. The normalized spacial score (nSPS) is 24.1. The minimum atomic E-state index is 0.526. The van der Waals surface area contributed by atoms with Crippen LogP contribution in [0.1, 0.15) is 62.5 Å². The van der Waals surface area contributed by atoms with Gasteiger partial charge < -0.3 is 4.74 Å². The van der Waals surface area contributed by atoms with Crippen LogP contribution < -0.4 is 0 Å². The van der Waals surface area contributed by atoms with E-state index >= 15 is 0 Å². The molecule has 0 atom stereocenters. The molecule has 1 saturated carbocycles. The highest BCUT2D eigenvalue weighted by Crippen LogP contribution is 2.34. The Bertz CT molecular complexity index is 333. The van der Waals surface area contributed by atoms with Crippen LogP contribution in [0.15, 0.2) is 24.3 Å². The topological polar surface area (TPSA) is 9.23 Å². The van der Waals surface area contributed by atoms with Crippen molar-refractivity contribution in [1.82, 2.24) is 0 Å². The van der Waals surface area contributed by atoms with E-state index in [4.69, 9.17) is 4.74 Å². The Morgan fingerprint density at radius 1 is 1.06 bits per heavy atom. The number of hydrogen-bond donors (Lipinski definition) is 0. The smallest absolute Gasteiger partial charge is 0.0575 e. The Morgan fingerprint density at radius 2 is 1.72 bits per heavy atom. The maximum atomic E-state index is 5.93. The number of rotatable bonds is 5. The average Bonchev–Trinajstić information content (AvgIpc) is 2.41. The second-order valence-electron chi connectivity index (χ2n) is 5.61. The summed E-state index contributed by atoms with van der Waals surface area (Å²) < 4.78 is 5.93. The second kappa shape index (κ2) is 6.94. The van der Waals surface area contributed by atoms with Crippen molar-refractivity contribution in [3.05, 3.63) is 35.4 Å². The first-order valence-corrected chi connectivity index (χ1v) is 7.47. The highest BCUT2D eigenvalue weighted by Gasteiger charge is 2.22. The van der Waals surface area contributed by atoms with Crippen LogP contribution in [-0.4, -0.2) is 12.7 Å². The van der Waals surface area contributed by atoms with Crippen LogP contribution in [0.5, 0.6) is 0 Å². The van der Waals surface area contributed by atoms with E-state index in [9.17, 15) is 0 Å². The molecular formula is C17H26O. The van der Waals surface area contributed by atoms with Gasteiger partial charge in [0.05, 0.1) is 6.10 Å². The predicted molar refractivity (Wildman–Crippen MR) is 77.0 cm³/mol. The third-order valence-electron chi connectivity index (χ3n) is 4.07. The predicted octanol–water partition coefficient (Wildman–Crippen LogP) is 4.84. The van der Waals surface area contributed by atoms with E-state index in [-0.39, 0.29) is 0 Å². The third kappa shape index (κ3) is 3.84. The van der Waals surface area contributed by atoms with Crippen LogP contribution in [0, 0.1) is 6.92 Å². The highest BCUT2D eigenvalue weighted by molar-refractivity contribution is 5.24. The van der Waals surface area contributed by atoms with Crippen LogP contribution in [-0.2, 0) is 4.74 Å². The zero-order valence-electron chi connectivity index (χ0n) is 11.8. The van der Waals surface area contributed by atoms with Gasteiger partial charge in [-0.05, 0) is 50.5 Å². The van der Waals surface area contributed by atoms with Gasteiger partial charge in [0.15, 0.2) is 0 Å². The van der Waals surface area contributed by atoms with Crippen molar-refractivity contribution < 1.29 is 4.74 Å². The lowest BCUT2D eigenvalue weighted by Gasteiger charge is -2.29. The van der Waals surface area contributed by atoms with Crippen LogP contribution in [0.3, 0.4) is 0 Å². The van der Waals surface area contributed by atoms with E-state index in [1.54, 1.807) is 0 Å². The molecule has 0 radical (unpaired) electrons. The molecule has 1 aliphatic carbocycles. The van der Waals surface area contributed by atoms with Gasteiger partial charge in [0, 0.05) is 6.61 Å². The molecule has 1 fully saturated rings. The molecule has 0 aromatic heterocycles. The fraction of sp³-hybridized carbons (Fsp3) is 0.647. The average molecular weight is 246 g/mol. The van der Waals surface area contributed by atoms with Crippen molar-refractivity contribution in [2.75, 3.05) is 6.61 Å². The zero-order valence-corrected chi connectivity index (χ0v) is 11.8. The van der Waals surface area contributed by atoms with E-state index in [0.717, 1.165) is 12.5 Å². The first kappa shape index (κ1) is 13.6. The number of unbranched alkanes of at least 4 members (excludes halogenated alkanes) is 1. The molecule has 0 amide bonds. The number of ether oxygens (including phenoxy) is 1. The van der Waals surface area contributed by atoms with Gasteiger partial charge in [-0.2, -0.15) is 0 Å². The van der Waals surface area contributed by atoms with Gasteiger partial charge in [-0.15, -0.1) is 0 Å². The molecule has 0 N–H and O–H groups in total. The SMILES string of the molecule is CCCCOC1CCC(c2ccc(C)cc2)CC1. The van der Waals surface area contributed by atoms with E-state index in [2.05, 4.69) is 38.1 Å². The van der Waals surface area contributed by atoms with Gasteiger partial charge >= 0.3 is 0 Å². The van der Waals surface area contributed by atoms with Crippen molar-refractivity contribution in [2.24, 2.45) is 0 Å². The van der Waals surface area contributed by atoms with Gasteiger partial charge in [0.1, 0.15) is 0 Å². The quantitative estimate of drug-likeness (QED) is 0.676. The maximum absolute atomic E-state index is 5.93. The molecule has 0 spiro atoms. The molecule has 1 aromatic carbocycles. The Hall–Kier alpha value is -0.820. The molecule has 2 rings (SSSR count). The first-order chi connectivity index (χ1) is 8.79. The minimum Gasteiger partial charge on any atom is -0.378 e. The summed E-state index contributed by atoms with van der Waals surface area (Å²) in [7, 11) is 0. The van der Waals surface area contributed by atoms with E-state index in [0.29, 0.717) is 6.10 Å². The lowest BCUT2D eigenvalue weighted by molar-refractivity contribution is 0.0232. The molecule has 0 bridgehead atoms. The molecule has 1 heteroatoms. The molecule has 1 aliphatic rings. The molecule has 1 nitrogen and oxygen atoms in total. The van der Waals surface area contributed by atoms with Gasteiger partial charge in [0.2, 0.25) is 0 Å². The van der Waals surface area contributed by atoms with Crippen LogP contribution >= 0.6 is 0 Å². The van der Waals surface area contributed by atoms with E-state index in [1.807, 2.05) is 0 Å². The van der Waals surface area contributed by atoms with Gasteiger partial charge in [-0.3, -0.25) is 0 Å². The molecule has 0 saturated heterocycles.